The van der Waals surface area contributed by atoms with Gasteiger partial charge in [0.25, 0.3) is 0 Å². The van der Waals surface area contributed by atoms with Gasteiger partial charge in [-0.15, -0.1) is 0 Å². The van der Waals surface area contributed by atoms with Crippen LogP contribution < -0.4 is 5.69 Å². The van der Waals surface area contributed by atoms with Gasteiger partial charge in [0, 0.05) is 21.7 Å². The Bertz CT molecular complexity index is 930. The first kappa shape index (κ1) is 13.3. The number of halogens is 1. The van der Waals surface area contributed by atoms with E-state index in [0.717, 1.165) is 35.2 Å². The van der Waals surface area contributed by atoms with Crippen molar-refractivity contribution in [2.24, 2.45) is 0 Å². The van der Waals surface area contributed by atoms with Crippen LogP contribution in [0.4, 0.5) is 0 Å². The average molecular weight is 309 g/mol. The van der Waals surface area contributed by atoms with Gasteiger partial charge in [-0.3, -0.25) is 0 Å². The molecule has 1 N–H and O–H groups in total. The molecule has 0 saturated carbocycles. The van der Waals surface area contributed by atoms with Crippen molar-refractivity contribution in [3.05, 3.63) is 75.2 Å². The highest BCUT2D eigenvalue weighted by Crippen LogP contribution is 2.37. The lowest BCUT2D eigenvalue weighted by Crippen LogP contribution is -2.18. The SMILES string of the molecule is O=c1nc(-c2ccccc2Cl)c2c([nH]1)-c1ccccc1CC2. The molecule has 0 saturated heterocycles. The minimum Gasteiger partial charge on any atom is -0.305 e. The van der Waals surface area contributed by atoms with E-state index in [-0.39, 0.29) is 5.69 Å². The van der Waals surface area contributed by atoms with Gasteiger partial charge in [-0.25, -0.2) is 4.79 Å². The van der Waals surface area contributed by atoms with Gasteiger partial charge in [0.2, 0.25) is 0 Å². The van der Waals surface area contributed by atoms with Gasteiger partial charge in [0.05, 0.1) is 11.4 Å². The molecule has 0 unspecified atom stereocenters. The van der Waals surface area contributed by atoms with Crippen LogP contribution in [0.15, 0.2) is 53.3 Å². The number of rotatable bonds is 1. The van der Waals surface area contributed by atoms with Crippen LogP contribution in [0.3, 0.4) is 0 Å². The quantitative estimate of drug-likeness (QED) is 0.742. The Morgan fingerprint density at radius 3 is 2.50 bits per heavy atom. The maximum atomic E-state index is 12.0. The maximum Gasteiger partial charge on any atom is 0.345 e. The second kappa shape index (κ2) is 5.11. The fraction of sp³-hybridized carbons (Fsp3) is 0.111. The molecule has 0 amide bonds. The molecule has 0 aliphatic heterocycles. The first-order chi connectivity index (χ1) is 10.7. The summed E-state index contributed by atoms with van der Waals surface area (Å²) in [4.78, 5) is 19.1. The summed E-state index contributed by atoms with van der Waals surface area (Å²) in [6.45, 7) is 0. The highest BCUT2D eigenvalue weighted by atomic mass is 35.5. The number of H-pyrrole nitrogens is 1. The highest BCUT2D eigenvalue weighted by Gasteiger charge is 2.22. The number of hydrogen-bond acceptors (Lipinski definition) is 2. The summed E-state index contributed by atoms with van der Waals surface area (Å²) in [6, 6.07) is 15.7. The number of fused-ring (bicyclic) bond motifs is 3. The molecule has 0 spiro atoms. The Morgan fingerprint density at radius 2 is 1.68 bits per heavy atom. The summed E-state index contributed by atoms with van der Waals surface area (Å²) in [5.74, 6) is 0. The van der Waals surface area contributed by atoms with Crippen molar-refractivity contribution in [3.8, 4) is 22.5 Å². The van der Waals surface area contributed by atoms with Crippen molar-refractivity contribution in [1.82, 2.24) is 9.97 Å². The zero-order valence-corrected chi connectivity index (χ0v) is 12.5. The number of aromatic nitrogens is 2. The molecule has 3 aromatic rings. The molecule has 108 valence electrons. The van der Waals surface area contributed by atoms with Crippen molar-refractivity contribution >= 4 is 11.6 Å². The monoisotopic (exact) mass is 308 g/mol. The highest BCUT2D eigenvalue weighted by molar-refractivity contribution is 6.33. The average Bonchev–Trinajstić information content (AvgIpc) is 2.54. The smallest absolute Gasteiger partial charge is 0.305 e. The summed E-state index contributed by atoms with van der Waals surface area (Å²) in [6.07, 6.45) is 1.78. The van der Waals surface area contributed by atoms with Crippen LogP contribution in [0.5, 0.6) is 0 Å². The molecular weight excluding hydrogens is 296 g/mol. The first-order valence-electron chi connectivity index (χ1n) is 7.20. The van der Waals surface area contributed by atoms with E-state index in [1.54, 1.807) is 0 Å². The predicted molar refractivity (Wildman–Crippen MR) is 88.1 cm³/mol. The molecule has 1 aliphatic carbocycles. The second-order valence-electron chi connectivity index (χ2n) is 5.38. The van der Waals surface area contributed by atoms with E-state index >= 15 is 0 Å². The standard InChI is InChI=1S/C18H13ClN2O/c19-15-8-4-3-7-13(15)17-14-10-9-11-5-1-2-6-12(11)16(14)20-18(22)21-17/h1-8H,9-10H2,(H,20,21,22). The molecule has 0 fully saturated rings. The lowest BCUT2D eigenvalue weighted by molar-refractivity contribution is 0.902. The van der Waals surface area contributed by atoms with Gasteiger partial charge < -0.3 is 4.98 Å². The Kier molecular flexibility index (Phi) is 3.09. The molecule has 4 heteroatoms. The van der Waals surface area contributed by atoms with Crippen molar-refractivity contribution in [2.75, 3.05) is 0 Å². The normalized spacial score (nSPS) is 12.6. The van der Waals surface area contributed by atoms with Crippen LogP contribution in [-0.4, -0.2) is 9.97 Å². The number of benzene rings is 2. The first-order valence-corrected chi connectivity index (χ1v) is 7.58. The Balaban J connectivity index is 2.03. The summed E-state index contributed by atoms with van der Waals surface area (Å²) in [5.41, 5.74) is 5.43. The lowest BCUT2D eigenvalue weighted by Gasteiger charge is -2.21. The van der Waals surface area contributed by atoms with Crippen molar-refractivity contribution < 1.29 is 0 Å². The summed E-state index contributed by atoms with van der Waals surface area (Å²) < 4.78 is 0. The van der Waals surface area contributed by atoms with E-state index < -0.39 is 0 Å². The summed E-state index contributed by atoms with van der Waals surface area (Å²) >= 11 is 6.30. The lowest BCUT2D eigenvalue weighted by atomic mass is 9.87. The maximum absolute atomic E-state index is 12.0. The summed E-state index contributed by atoms with van der Waals surface area (Å²) in [5, 5.41) is 0.613. The number of nitrogens with one attached hydrogen (secondary N) is 1. The van der Waals surface area contributed by atoms with Gasteiger partial charge >= 0.3 is 5.69 Å². The van der Waals surface area contributed by atoms with E-state index in [1.807, 2.05) is 42.5 Å². The third kappa shape index (κ3) is 2.06. The zero-order valence-electron chi connectivity index (χ0n) is 11.8. The fourth-order valence-electron chi connectivity index (χ4n) is 3.09. The molecule has 3 nitrogen and oxygen atoms in total. The second-order valence-corrected chi connectivity index (χ2v) is 5.79. The molecular formula is C18H13ClN2O. The van der Waals surface area contributed by atoms with Crippen LogP contribution in [-0.2, 0) is 12.8 Å². The van der Waals surface area contributed by atoms with Crippen LogP contribution in [0.1, 0.15) is 11.1 Å². The van der Waals surface area contributed by atoms with Crippen LogP contribution >= 0.6 is 11.6 Å². The van der Waals surface area contributed by atoms with Gasteiger partial charge in [-0.1, -0.05) is 54.1 Å². The number of aromatic amines is 1. The van der Waals surface area contributed by atoms with E-state index in [1.165, 1.54) is 5.56 Å². The van der Waals surface area contributed by atoms with Gasteiger partial charge in [-0.2, -0.15) is 4.98 Å². The minimum atomic E-state index is -0.342. The van der Waals surface area contributed by atoms with Crippen molar-refractivity contribution in [3.63, 3.8) is 0 Å². The van der Waals surface area contributed by atoms with Crippen LogP contribution in [0, 0.1) is 0 Å². The Labute approximate surface area is 132 Å². The number of nitrogens with zero attached hydrogens (tertiary/aromatic N) is 1. The molecule has 0 atom stereocenters. The third-order valence-electron chi connectivity index (χ3n) is 4.09. The molecule has 0 radical (unpaired) electrons. The zero-order chi connectivity index (χ0) is 15.1. The molecule has 1 aliphatic rings. The van der Waals surface area contributed by atoms with Gasteiger partial charge in [0.1, 0.15) is 0 Å². The topological polar surface area (TPSA) is 45.8 Å². The van der Waals surface area contributed by atoms with Crippen molar-refractivity contribution in [1.29, 1.82) is 0 Å². The summed E-state index contributed by atoms with van der Waals surface area (Å²) in [7, 11) is 0. The Morgan fingerprint density at radius 1 is 0.955 bits per heavy atom. The largest absolute Gasteiger partial charge is 0.345 e. The molecule has 0 bridgehead atoms. The van der Waals surface area contributed by atoms with E-state index in [4.69, 9.17) is 11.6 Å². The number of hydrogen-bond donors (Lipinski definition) is 1. The van der Waals surface area contributed by atoms with E-state index in [9.17, 15) is 4.79 Å². The predicted octanol–water partition coefficient (Wildman–Crippen LogP) is 3.86. The van der Waals surface area contributed by atoms with Crippen LogP contribution in [0.2, 0.25) is 5.02 Å². The van der Waals surface area contributed by atoms with Crippen molar-refractivity contribution in [2.45, 2.75) is 12.8 Å². The van der Waals surface area contributed by atoms with E-state index in [0.29, 0.717) is 10.7 Å². The number of aryl methyl sites for hydroxylation is 1. The molecule has 22 heavy (non-hydrogen) atoms. The molecule has 2 aromatic carbocycles. The molecule has 4 rings (SSSR count). The van der Waals surface area contributed by atoms with Crippen LogP contribution in [0.25, 0.3) is 22.5 Å². The third-order valence-corrected chi connectivity index (χ3v) is 4.42. The fourth-order valence-corrected chi connectivity index (χ4v) is 3.31. The minimum absolute atomic E-state index is 0.342. The van der Waals surface area contributed by atoms with Gasteiger partial charge in [0.15, 0.2) is 0 Å². The van der Waals surface area contributed by atoms with E-state index in [2.05, 4.69) is 16.0 Å². The molecule has 1 heterocycles. The van der Waals surface area contributed by atoms with Gasteiger partial charge in [-0.05, 0) is 24.5 Å². The Hall–Kier alpha value is -2.39. The molecule has 1 aromatic heterocycles.